The summed E-state index contributed by atoms with van der Waals surface area (Å²) in [7, 11) is 0. The quantitative estimate of drug-likeness (QED) is 0.748. The molecule has 0 unspecified atom stereocenters. The van der Waals surface area contributed by atoms with Crippen molar-refractivity contribution in [2.75, 3.05) is 13.1 Å². The minimum atomic E-state index is -1.02. The van der Waals surface area contributed by atoms with Crippen LogP contribution in [0.1, 0.15) is 15.9 Å². The zero-order valence-electron chi connectivity index (χ0n) is 10.00. The van der Waals surface area contributed by atoms with Gasteiger partial charge in [0.2, 0.25) is 11.8 Å². The third-order valence-electron chi connectivity index (χ3n) is 2.71. The second kappa shape index (κ2) is 4.75. The van der Waals surface area contributed by atoms with E-state index in [1.165, 1.54) is 6.92 Å². The molecule has 1 N–H and O–H groups in total. The second-order valence-corrected chi connectivity index (χ2v) is 4.21. The second-order valence-electron chi connectivity index (χ2n) is 4.21. The molecule has 5 nitrogen and oxygen atoms in total. The summed E-state index contributed by atoms with van der Waals surface area (Å²) >= 11 is 0. The number of rotatable bonds is 1. The number of aryl methyl sites for hydroxylation is 1. The highest BCUT2D eigenvalue weighted by molar-refractivity contribution is 6.05. The summed E-state index contributed by atoms with van der Waals surface area (Å²) in [6.07, 6.45) is 0. The average molecular weight is 268 g/mol. The van der Waals surface area contributed by atoms with E-state index in [0.29, 0.717) is 6.07 Å². The summed E-state index contributed by atoms with van der Waals surface area (Å²) < 4.78 is 26.7. The lowest BCUT2D eigenvalue weighted by atomic mass is 10.1. The molecule has 0 bridgehead atoms. The number of benzene rings is 1. The minimum absolute atomic E-state index is 0.109. The molecule has 0 aromatic heterocycles. The molecule has 1 aliphatic rings. The van der Waals surface area contributed by atoms with Crippen LogP contribution in [0.3, 0.4) is 0 Å². The van der Waals surface area contributed by atoms with E-state index in [1.54, 1.807) is 0 Å². The number of imide groups is 1. The van der Waals surface area contributed by atoms with Crippen LogP contribution in [-0.2, 0) is 9.59 Å². The number of piperazine rings is 1. The van der Waals surface area contributed by atoms with Gasteiger partial charge in [0.25, 0.3) is 5.91 Å². The highest BCUT2D eigenvalue weighted by atomic mass is 19.1. The van der Waals surface area contributed by atoms with Crippen LogP contribution in [0, 0.1) is 18.6 Å². The van der Waals surface area contributed by atoms with Crippen molar-refractivity contribution in [1.82, 2.24) is 10.2 Å². The fourth-order valence-electron chi connectivity index (χ4n) is 1.77. The topological polar surface area (TPSA) is 66.5 Å². The maximum absolute atomic E-state index is 13.6. The maximum Gasteiger partial charge on any atom is 0.257 e. The molecule has 1 aliphatic heterocycles. The third-order valence-corrected chi connectivity index (χ3v) is 2.71. The summed E-state index contributed by atoms with van der Waals surface area (Å²) in [5, 5.41) is 2.03. The Morgan fingerprint density at radius 2 is 1.74 bits per heavy atom. The van der Waals surface area contributed by atoms with Crippen LogP contribution in [0.15, 0.2) is 12.1 Å². The van der Waals surface area contributed by atoms with Gasteiger partial charge in [-0.2, -0.15) is 0 Å². The lowest BCUT2D eigenvalue weighted by Crippen LogP contribution is -2.53. The standard InChI is InChI=1S/C12H10F2N2O3/c1-6-2-7(9(14)3-8(6)13)12(19)16-4-10(17)15-11(18)5-16/h2-3H,4-5H2,1H3,(H,15,17,18). The lowest BCUT2D eigenvalue weighted by Gasteiger charge is -2.25. The molecule has 19 heavy (non-hydrogen) atoms. The van der Waals surface area contributed by atoms with Gasteiger partial charge in [-0.25, -0.2) is 8.78 Å². The fraction of sp³-hybridized carbons (Fsp3) is 0.250. The van der Waals surface area contributed by atoms with Crippen molar-refractivity contribution in [2.45, 2.75) is 6.92 Å². The number of halogens is 2. The molecule has 1 fully saturated rings. The number of nitrogens with zero attached hydrogens (tertiary/aromatic N) is 1. The molecule has 0 spiro atoms. The van der Waals surface area contributed by atoms with Crippen molar-refractivity contribution < 1.29 is 23.2 Å². The number of amides is 3. The molecule has 0 atom stereocenters. The first-order valence-corrected chi connectivity index (χ1v) is 5.46. The summed E-state index contributed by atoms with van der Waals surface area (Å²) in [6, 6.07) is 1.67. The summed E-state index contributed by atoms with van der Waals surface area (Å²) in [6.45, 7) is 0.723. The monoisotopic (exact) mass is 268 g/mol. The number of carbonyl (C=O) groups is 3. The summed E-state index contributed by atoms with van der Waals surface area (Å²) in [5.41, 5.74) is -0.251. The van der Waals surface area contributed by atoms with Crippen LogP contribution in [0.4, 0.5) is 8.78 Å². The largest absolute Gasteiger partial charge is 0.320 e. The Kier molecular flexibility index (Phi) is 3.28. The molecule has 0 radical (unpaired) electrons. The molecule has 7 heteroatoms. The summed E-state index contributed by atoms with van der Waals surface area (Å²) in [4.78, 5) is 35.2. The van der Waals surface area contributed by atoms with Crippen LogP contribution in [0.25, 0.3) is 0 Å². The van der Waals surface area contributed by atoms with Gasteiger partial charge in [0, 0.05) is 6.07 Å². The molecule has 1 saturated heterocycles. The van der Waals surface area contributed by atoms with Gasteiger partial charge < -0.3 is 4.90 Å². The predicted molar refractivity (Wildman–Crippen MR) is 60.1 cm³/mol. The molecule has 100 valence electrons. The smallest absolute Gasteiger partial charge is 0.257 e. The van der Waals surface area contributed by atoms with Crippen LogP contribution in [-0.4, -0.2) is 35.7 Å². The Labute approximate surface area is 107 Å². The Bertz CT molecular complexity index is 571. The molecule has 1 heterocycles. The highest BCUT2D eigenvalue weighted by Crippen LogP contribution is 2.16. The fourth-order valence-corrected chi connectivity index (χ4v) is 1.77. The first-order valence-electron chi connectivity index (χ1n) is 5.46. The van der Waals surface area contributed by atoms with E-state index in [-0.39, 0.29) is 24.2 Å². The van der Waals surface area contributed by atoms with E-state index in [9.17, 15) is 23.2 Å². The van der Waals surface area contributed by atoms with Gasteiger partial charge in [-0.05, 0) is 18.6 Å². The van der Waals surface area contributed by atoms with Crippen molar-refractivity contribution in [3.63, 3.8) is 0 Å². The zero-order chi connectivity index (χ0) is 14.2. The number of nitrogens with one attached hydrogen (secondary N) is 1. The number of carbonyl (C=O) groups excluding carboxylic acids is 3. The first-order chi connectivity index (χ1) is 8.88. The number of hydrogen-bond acceptors (Lipinski definition) is 3. The molecule has 0 aliphatic carbocycles. The van der Waals surface area contributed by atoms with Crippen molar-refractivity contribution in [3.05, 3.63) is 34.9 Å². The molecular weight excluding hydrogens is 258 g/mol. The van der Waals surface area contributed by atoms with E-state index in [2.05, 4.69) is 0 Å². The van der Waals surface area contributed by atoms with Gasteiger partial charge in [-0.1, -0.05) is 0 Å². The van der Waals surface area contributed by atoms with Crippen LogP contribution in [0.2, 0.25) is 0 Å². The van der Waals surface area contributed by atoms with E-state index < -0.39 is 29.4 Å². The Morgan fingerprint density at radius 3 is 2.32 bits per heavy atom. The van der Waals surface area contributed by atoms with E-state index in [1.807, 2.05) is 5.32 Å². The van der Waals surface area contributed by atoms with Crippen molar-refractivity contribution in [1.29, 1.82) is 0 Å². The van der Waals surface area contributed by atoms with Gasteiger partial charge in [0.05, 0.1) is 5.56 Å². The van der Waals surface area contributed by atoms with Gasteiger partial charge in [-0.15, -0.1) is 0 Å². The molecule has 2 rings (SSSR count). The Balaban J connectivity index is 2.31. The van der Waals surface area contributed by atoms with Gasteiger partial charge in [0.15, 0.2) is 0 Å². The van der Waals surface area contributed by atoms with Crippen molar-refractivity contribution >= 4 is 17.7 Å². The van der Waals surface area contributed by atoms with E-state index >= 15 is 0 Å². The minimum Gasteiger partial charge on any atom is -0.320 e. The SMILES string of the molecule is Cc1cc(C(=O)N2CC(=O)NC(=O)C2)c(F)cc1F. The normalized spacial score (nSPS) is 15.4. The number of hydrogen-bond donors (Lipinski definition) is 1. The van der Waals surface area contributed by atoms with Crippen molar-refractivity contribution in [2.24, 2.45) is 0 Å². The van der Waals surface area contributed by atoms with Crippen LogP contribution < -0.4 is 5.32 Å². The van der Waals surface area contributed by atoms with Crippen molar-refractivity contribution in [3.8, 4) is 0 Å². The first kappa shape index (κ1) is 13.1. The lowest BCUT2D eigenvalue weighted by molar-refractivity contribution is -0.135. The molecule has 3 amide bonds. The van der Waals surface area contributed by atoms with Gasteiger partial charge in [0.1, 0.15) is 24.7 Å². The summed E-state index contributed by atoms with van der Waals surface area (Å²) in [5.74, 6) is -3.87. The maximum atomic E-state index is 13.6. The molecule has 1 aromatic rings. The van der Waals surface area contributed by atoms with E-state index in [0.717, 1.165) is 11.0 Å². The van der Waals surface area contributed by atoms with Crippen LogP contribution in [0.5, 0.6) is 0 Å². The zero-order valence-corrected chi connectivity index (χ0v) is 10.00. The van der Waals surface area contributed by atoms with Gasteiger partial charge >= 0.3 is 0 Å². The predicted octanol–water partition coefficient (Wildman–Crippen LogP) is 0.372. The highest BCUT2D eigenvalue weighted by Gasteiger charge is 2.28. The molecule has 1 aromatic carbocycles. The average Bonchev–Trinajstić information content (AvgIpc) is 2.31. The molecular formula is C12H10F2N2O3. The van der Waals surface area contributed by atoms with Gasteiger partial charge in [-0.3, -0.25) is 19.7 Å². The van der Waals surface area contributed by atoms with Crippen LogP contribution >= 0.6 is 0 Å². The third kappa shape index (κ3) is 2.59. The molecule has 0 saturated carbocycles. The Morgan fingerprint density at radius 1 is 1.16 bits per heavy atom. The van der Waals surface area contributed by atoms with E-state index in [4.69, 9.17) is 0 Å². The Hall–Kier alpha value is -2.31.